The summed E-state index contributed by atoms with van der Waals surface area (Å²) in [5.41, 5.74) is 0.528. The molecule has 2 aromatic rings. The molecule has 0 spiro atoms. The predicted molar refractivity (Wildman–Crippen MR) is 71.1 cm³/mol. The van der Waals surface area contributed by atoms with Crippen molar-refractivity contribution in [3.05, 3.63) is 42.3 Å². The SMILES string of the molecule is CCNS(=O)(=O)c1ccccc1NCc1ccno1. The van der Waals surface area contributed by atoms with Gasteiger partial charge in [0, 0.05) is 12.6 Å². The molecule has 0 saturated carbocycles. The van der Waals surface area contributed by atoms with Gasteiger partial charge in [-0.3, -0.25) is 0 Å². The minimum Gasteiger partial charge on any atom is -0.377 e. The lowest BCUT2D eigenvalue weighted by Crippen LogP contribution is -2.24. The van der Waals surface area contributed by atoms with Gasteiger partial charge < -0.3 is 9.84 Å². The molecule has 0 fully saturated rings. The number of hydrogen-bond donors (Lipinski definition) is 2. The number of anilines is 1. The van der Waals surface area contributed by atoms with Gasteiger partial charge in [0.05, 0.1) is 18.4 Å². The van der Waals surface area contributed by atoms with E-state index < -0.39 is 10.0 Å². The van der Waals surface area contributed by atoms with Gasteiger partial charge in [0.25, 0.3) is 0 Å². The van der Waals surface area contributed by atoms with Gasteiger partial charge in [-0.1, -0.05) is 24.2 Å². The second-order valence-corrected chi connectivity index (χ2v) is 5.57. The van der Waals surface area contributed by atoms with Crippen LogP contribution in [0.25, 0.3) is 0 Å². The summed E-state index contributed by atoms with van der Waals surface area (Å²) in [6.45, 7) is 2.46. The van der Waals surface area contributed by atoms with Gasteiger partial charge in [-0.05, 0) is 12.1 Å². The molecule has 1 heterocycles. The standard InChI is InChI=1S/C12H15N3O3S/c1-2-15-19(16,17)12-6-4-3-5-11(12)13-9-10-7-8-14-18-10/h3-8,13,15H,2,9H2,1H3. The van der Waals surface area contributed by atoms with Crippen molar-refractivity contribution in [3.8, 4) is 0 Å². The molecule has 7 heteroatoms. The van der Waals surface area contributed by atoms with E-state index in [-0.39, 0.29) is 4.90 Å². The molecule has 0 bridgehead atoms. The molecule has 2 rings (SSSR count). The molecule has 0 atom stereocenters. The van der Waals surface area contributed by atoms with Crippen molar-refractivity contribution < 1.29 is 12.9 Å². The van der Waals surface area contributed by atoms with Crippen molar-refractivity contribution in [2.75, 3.05) is 11.9 Å². The number of sulfonamides is 1. The van der Waals surface area contributed by atoms with Crippen LogP contribution in [-0.4, -0.2) is 20.1 Å². The van der Waals surface area contributed by atoms with E-state index in [0.717, 1.165) is 0 Å². The summed E-state index contributed by atoms with van der Waals surface area (Å²) >= 11 is 0. The Labute approximate surface area is 111 Å². The molecule has 0 saturated heterocycles. The van der Waals surface area contributed by atoms with Crippen LogP contribution in [0.1, 0.15) is 12.7 Å². The van der Waals surface area contributed by atoms with Crippen molar-refractivity contribution >= 4 is 15.7 Å². The minimum absolute atomic E-state index is 0.219. The van der Waals surface area contributed by atoms with Crippen LogP contribution in [0.15, 0.2) is 45.9 Å². The molecule has 6 nitrogen and oxygen atoms in total. The van der Waals surface area contributed by atoms with Gasteiger partial charge in [-0.2, -0.15) is 0 Å². The molecule has 1 aromatic carbocycles. The van der Waals surface area contributed by atoms with Crippen molar-refractivity contribution in [1.82, 2.24) is 9.88 Å². The third-order valence-electron chi connectivity index (χ3n) is 2.46. The molecule has 0 amide bonds. The van der Waals surface area contributed by atoms with Crippen LogP contribution in [0.2, 0.25) is 0 Å². The number of para-hydroxylation sites is 1. The summed E-state index contributed by atoms with van der Waals surface area (Å²) in [5.74, 6) is 0.635. The first-order valence-electron chi connectivity index (χ1n) is 5.85. The molecule has 2 N–H and O–H groups in total. The van der Waals surface area contributed by atoms with E-state index in [1.807, 2.05) is 0 Å². The summed E-state index contributed by atoms with van der Waals surface area (Å²) in [4.78, 5) is 0.219. The second kappa shape index (κ2) is 5.85. The van der Waals surface area contributed by atoms with Crippen LogP contribution in [0.5, 0.6) is 0 Å². The largest absolute Gasteiger partial charge is 0.377 e. The van der Waals surface area contributed by atoms with Crippen LogP contribution in [0.4, 0.5) is 5.69 Å². The van der Waals surface area contributed by atoms with E-state index in [1.54, 1.807) is 37.3 Å². The van der Waals surface area contributed by atoms with Crippen LogP contribution < -0.4 is 10.0 Å². The van der Waals surface area contributed by atoms with Gasteiger partial charge in [0.1, 0.15) is 4.90 Å². The lowest BCUT2D eigenvalue weighted by Gasteiger charge is -2.11. The highest BCUT2D eigenvalue weighted by atomic mass is 32.2. The Balaban J connectivity index is 2.21. The van der Waals surface area contributed by atoms with Crippen LogP contribution >= 0.6 is 0 Å². The molecular formula is C12H15N3O3S. The van der Waals surface area contributed by atoms with Crippen molar-refractivity contribution in [2.24, 2.45) is 0 Å². The van der Waals surface area contributed by atoms with Gasteiger partial charge in [-0.15, -0.1) is 0 Å². The number of nitrogens with zero attached hydrogens (tertiary/aromatic N) is 1. The second-order valence-electron chi connectivity index (χ2n) is 3.83. The Kier molecular flexibility index (Phi) is 4.18. The van der Waals surface area contributed by atoms with E-state index in [2.05, 4.69) is 15.2 Å². The van der Waals surface area contributed by atoms with Gasteiger partial charge >= 0.3 is 0 Å². The van der Waals surface area contributed by atoms with Gasteiger partial charge in [0.15, 0.2) is 5.76 Å². The Hall–Kier alpha value is -1.86. The van der Waals surface area contributed by atoms with Gasteiger partial charge in [-0.25, -0.2) is 13.1 Å². The lowest BCUT2D eigenvalue weighted by molar-refractivity contribution is 0.388. The highest BCUT2D eigenvalue weighted by molar-refractivity contribution is 7.89. The highest BCUT2D eigenvalue weighted by Gasteiger charge is 2.16. The molecule has 102 valence electrons. The molecule has 0 aliphatic heterocycles. The van der Waals surface area contributed by atoms with Crippen molar-refractivity contribution in [1.29, 1.82) is 0 Å². The molecule has 19 heavy (non-hydrogen) atoms. The van der Waals surface area contributed by atoms with E-state index >= 15 is 0 Å². The first-order chi connectivity index (χ1) is 9.13. The zero-order valence-electron chi connectivity index (χ0n) is 10.5. The third-order valence-corrected chi connectivity index (χ3v) is 4.06. The summed E-state index contributed by atoms with van der Waals surface area (Å²) in [6.07, 6.45) is 1.54. The summed E-state index contributed by atoms with van der Waals surface area (Å²) in [5, 5.41) is 6.62. The van der Waals surface area contributed by atoms with E-state index in [4.69, 9.17) is 4.52 Å². The maximum Gasteiger partial charge on any atom is 0.242 e. The maximum absolute atomic E-state index is 12.0. The molecule has 0 aliphatic carbocycles. The van der Waals surface area contributed by atoms with Crippen molar-refractivity contribution in [3.63, 3.8) is 0 Å². The number of hydrogen-bond acceptors (Lipinski definition) is 5. The number of nitrogens with one attached hydrogen (secondary N) is 2. The summed E-state index contributed by atoms with van der Waals surface area (Å²) < 4.78 is 31.5. The Morgan fingerprint density at radius 1 is 1.26 bits per heavy atom. The zero-order valence-corrected chi connectivity index (χ0v) is 11.3. The highest BCUT2D eigenvalue weighted by Crippen LogP contribution is 2.21. The van der Waals surface area contributed by atoms with Crippen molar-refractivity contribution in [2.45, 2.75) is 18.4 Å². The Morgan fingerprint density at radius 3 is 2.74 bits per heavy atom. The fourth-order valence-corrected chi connectivity index (χ4v) is 2.85. The summed E-state index contributed by atoms with van der Waals surface area (Å²) in [6, 6.07) is 8.44. The Bertz CT molecular complexity index is 623. The molecule has 0 radical (unpaired) electrons. The fraction of sp³-hybridized carbons (Fsp3) is 0.250. The lowest BCUT2D eigenvalue weighted by atomic mass is 10.3. The zero-order chi connectivity index (χ0) is 13.7. The summed E-state index contributed by atoms with van der Waals surface area (Å²) in [7, 11) is -3.49. The number of aromatic nitrogens is 1. The molecular weight excluding hydrogens is 266 g/mol. The smallest absolute Gasteiger partial charge is 0.242 e. The quantitative estimate of drug-likeness (QED) is 0.840. The van der Waals surface area contributed by atoms with Crippen LogP contribution in [0, 0.1) is 0 Å². The first kappa shape index (κ1) is 13.6. The average Bonchev–Trinajstić information content (AvgIpc) is 2.90. The van der Waals surface area contributed by atoms with E-state index in [9.17, 15) is 8.42 Å². The number of benzene rings is 1. The van der Waals surface area contributed by atoms with Crippen LogP contribution in [0.3, 0.4) is 0 Å². The predicted octanol–water partition coefficient (Wildman–Crippen LogP) is 1.58. The topological polar surface area (TPSA) is 84.2 Å². The maximum atomic E-state index is 12.0. The minimum atomic E-state index is -3.49. The average molecular weight is 281 g/mol. The monoisotopic (exact) mass is 281 g/mol. The number of rotatable bonds is 6. The molecule has 0 aliphatic rings. The third kappa shape index (κ3) is 3.33. The van der Waals surface area contributed by atoms with E-state index in [1.165, 1.54) is 6.20 Å². The van der Waals surface area contributed by atoms with Gasteiger partial charge in [0.2, 0.25) is 10.0 Å². The molecule has 0 unspecified atom stereocenters. The first-order valence-corrected chi connectivity index (χ1v) is 7.34. The van der Waals surface area contributed by atoms with E-state index in [0.29, 0.717) is 24.5 Å². The molecule has 1 aromatic heterocycles. The normalized spacial score (nSPS) is 11.4. The fourth-order valence-electron chi connectivity index (χ4n) is 1.63. The van der Waals surface area contributed by atoms with Crippen LogP contribution in [-0.2, 0) is 16.6 Å². The Morgan fingerprint density at radius 2 is 2.05 bits per heavy atom.